The molecular formula is C11H12BrFO3. The van der Waals surface area contributed by atoms with Crippen molar-refractivity contribution in [2.24, 2.45) is 0 Å². The van der Waals surface area contributed by atoms with E-state index in [-0.39, 0.29) is 17.9 Å². The Morgan fingerprint density at radius 1 is 1.38 bits per heavy atom. The van der Waals surface area contributed by atoms with Gasteiger partial charge < -0.3 is 9.47 Å². The zero-order valence-corrected chi connectivity index (χ0v) is 10.6. The second-order valence-electron chi connectivity index (χ2n) is 2.89. The molecule has 0 saturated heterocycles. The summed E-state index contributed by atoms with van der Waals surface area (Å²) >= 11 is 3.11. The summed E-state index contributed by atoms with van der Waals surface area (Å²) in [6.45, 7) is 3.94. The van der Waals surface area contributed by atoms with Crippen molar-refractivity contribution in [2.75, 3.05) is 13.2 Å². The lowest BCUT2D eigenvalue weighted by Gasteiger charge is -2.09. The Bertz CT molecular complexity index is 393. The SMILES string of the molecule is CCOC(=O)c1c(Br)ccc(OCC)c1F. The first-order valence-electron chi connectivity index (χ1n) is 4.89. The van der Waals surface area contributed by atoms with Gasteiger partial charge in [0.15, 0.2) is 11.6 Å². The zero-order valence-electron chi connectivity index (χ0n) is 9.05. The molecule has 0 aliphatic rings. The van der Waals surface area contributed by atoms with Gasteiger partial charge in [-0.1, -0.05) is 0 Å². The monoisotopic (exact) mass is 290 g/mol. The van der Waals surface area contributed by atoms with Crippen LogP contribution in [-0.4, -0.2) is 19.2 Å². The largest absolute Gasteiger partial charge is 0.491 e. The molecule has 3 nitrogen and oxygen atoms in total. The Balaban J connectivity index is 3.15. The third-order valence-electron chi connectivity index (χ3n) is 1.84. The Labute approximate surface area is 102 Å². The van der Waals surface area contributed by atoms with Crippen LogP contribution < -0.4 is 4.74 Å². The second kappa shape index (κ2) is 5.84. The van der Waals surface area contributed by atoms with Crippen molar-refractivity contribution < 1.29 is 18.7 Å². The van der Waals surface area contributed by atoms with E-state index in [4.69, 9.17) is 9.47 Å². The van der Waals surface area contributed by atoms with Crippen molar-refractivity contribution >= 4 is 21.9 Å². The standard InChI is InChI=1S/C11H12BrFO3/c1-3-15-8-6-5-7(12)9(10(8)13)11(14)16-4-2/h5-6H,3-4H2,1-2H3. The van der Waals surface area contributed by atoms with E-state index in [1.54, 1.807) is 19.9 Å². The number of esters is 1. The topological polar surface area (TPSA) is 35.5 Å². The van der Waals surface area contributed by atoms with Gasteiger partial charge >= 0.3 is 5.97 Å². The lowest BCUT2D eigenvalue weighted by molar-refractivity contribution is 0.0519. The van der Waals surface area contributed by atoms with E-state index in [1.807, 2.05) is 0 Å². The zero-order chi connectivity index (χ0) is 12.1. The molecule has 0 atom stereocenters. The van der Waals surface area contributed by atoms with E-state index in [9.17, 15) is 9.18 Å². The molecule has 0 radical (unpaired) electrons. The Hall–Kier alpha value is -1.10. The highest BCUT2D eigenvalue weighted by molar-refractivity contribution is 9.10. The summed E-state index contributed by atoms with van der Waals surface area (Å²) in [6.07, 6.45) is 0. The van der Waals surface area contributed by atoms with Gasteiger partial charge in [0.25, 0.3) is 0 Å². The number of halogens is 2. The fourth-order valence-electron chi connectivity index (χ4n) is 1.19. The first-order chi connectivity index (χ1) is 7.61. The molecule has 1 aromatic carbocycles. The minimum Gasteiger partial charge on any atom is -0.491 e. The second-order valence-corrected chi connectivity index (χ2v) is 3.74. The summed E-state index contributed by atoms with van der Waals surface area (Å²) < 4.78 is 24.0. The van der Waals surface area contributed by atoms with Crippen LogP contribution in [0, 0.1) is 5.82 Å². The molecule has 0 aliphatic carbocycles. The molecule has 0 heterocycles. The Kier molecular flexibility index (Phi) is 4.73. The molecule has 0 fully saturated rings. The van der Waals surface area contributed by atoms with Gasteiger partial charge in [-0.2, -0.15) is 0 Å². The van der Waals surface area contributed by atoms with Gasteiger partial charge in [-0.3, -0.25) is 0 Å². The van der Waals surface area contributed by atoms with E-state index in [2.05, 4.69) is 15.9 Å². The van der Waals surface area contributed by atoms with Crippen LogP contribution in [0.2, 0.25) is 0 Å². The van der Waals surface area contributed by atoms with Gasteiger partial charge in [0, 0.05) is 4.47 Å². The third kappa shape index (κ3) is 2.72. The molecule has 0 unspecified atom stereocenters. The van der Waals surface area contributed by atoms with Crippen molar-refractivity contribution in [3.8, 4) is 5.75 Å². The van der Waals surface area contributed by atoms with Gasteiger partial charge in [0.1, 0.15) is 5.56 Å². The summed E-state index contributed by atoms with van der Waals surface area (Å²) in [5.41, 5.74) is -0.132. The Morgan fingerprint density at radius 2 is 2.06 bits per heavy atom. The summed E-state index contributed by atoms with van der Waals surface area (Å²) in [5.74, 6) is -1.35. The lowest BCUT2D eigenvalue weighted by atomic mass is 10.2. The molecular weight excluding hydrogens is 279 g/mol. The lowest BCUT2D eigenvalue weighted by Crippen LogP contribution is -2.09. The van der Waals surface area contributed by atoms with Crippen LogP contribution in [0.25, 0.3) is 0 Å². The maximum absolute atomic E-state index is 13.8. The number of hydrogen-bond acceptors (Lipinski definition) is 3. The van der Waals surface area contributed by atoms with E-state index in [1.165, 1.54) is 6.07 Å². The van der Waals surface area contributed by atoms with E-state index in [0.29, 0.717) is 11.1 Å². The molecule has 0 spiro atoms. The number of rotatable bonds is 4. The first-order valence-corrected chi connectivity index (χ1v) is 5.69. The van der Waals surface area contributed by atoms with Crippen LogP contribution in [0.3, 0.4) is 0 Å². The highest BCUT2D eigenvalue weighted by Gasteiger charge is 2.20. The average molecular weight is 291 g/mol. The first kappa shape index (κ1) is 13.0. The highest BCUT2D eigenvalue weighted by Crippen LogP contribution is 2.28. The van der Waals surface area contributed by atoms with E-state index < -0.39 is 11.8 Å². The van der Waals surface area contributed by atoms with Crippen LogP contribution in [0.1, 0.15) is 24.2 Å². The van der Waals surface area contributed by atoms with Crippen molar-refractivity contribution in [3.05, 3.63) is 28.0 Å². The van der Waals surface area contributed by atoms with Crippen LogP contribution in [0.4, 0.5) is 4.39 Å². The normalized spacial score (nSPS) is 10.0. The summed E-state index contributed by atoms with van der Waals surface area (Å²) in [6, 6.07) is 3.02. The van der Waals surface area contributed by atoms with Gasteiger partial charge in [-0.05, 0) is 41.9 Å². The molecule has 5 heteroatoms. The summed E-state index contributed by atoms with van der Waals surface area (Å²) in [5, 5.41) is 0. The average Bonchev–Trinajstić information content (AvgIpc) is 2.23. The number of benzene rings is 1. The molecule has 1 rings (SSSR count). The Morgan fingerprint density at radius 3 is 2.62 bits per heavy atom. The number of hydrogen-bond donors (Lipinski definition) is 0. The summed E-state index contributed by atoms with van der Waals surface area (Å²) in [7, 11) is 0. The highest BCUT2D eigenvalue weighted by atomic mass is 79.9. The van der Waals surface area contributed by atoms with Crippen LogP contribution in [0.5, 0.6) is 5.75 Å². The molecule has 1 aromatic rings. The fourth-order valence-corrected chi connectivity index (χ4v) is 1.66. The van der Waals surface area contributed by atoms with Gasteiger partial charge in [-0.15, -0.1) is 0 Å². The van der Waals surface area contributed by atoms with Crippen LogP contribution in [-0.2, 0) is 4.74 Å². The predicted octanol–water partition coefficient (Wildman–Crippen LogP) is 3.16. The van der Waals surface area contributed by atoms with Crippen molar-refractivity contribution in [2.45, 2.75) is 13.8 Å². The number of carbonyl (C=O) groups is 1. The van der Waals surface area contributed by atoms with Crippen molar-refractivity contribution in [3.63, 3.8) is 0 Å². The van der Waals surface area contributed by atoms with E-state index in [0.717, 1.165) is 0 Å². The molecule has 0 amide bonds. The maximum atomic E-state index is 13.8. The summed E-state index contributed by atoms with van der Waals surface area (Å²) in [4.78, 5) is 11.5. The van der Waals surface area contributed by atoms with Crippen LogP contribution in [0.15, 0.2) is 16.6 Å². The molecule has 16 heavy (non-hydrogen) atoms. The maximum Gasteiger partial charge on any atom is 0.342 e. The van der Waals surface area contributed by atoms with Crippen molar-refractivity contribution in [1.29, 1.82) is 0 Å². The predicted molar refractivity (Wildman–Crippen MR) is 61.2 cm³/mol. The molecule has 88 valence electrons. The molecule has 0 saturated carbocycles. The van der Waals surface area contributed by atoms with Gasteiger partial charge in [0.2, 0.25) is 0 Å². The minimum atomic E-state index is -0.701. The fraction of sp³-hybridized carbons (Fsp3) is 0.364. The van der Waals surface area contributed by atoms with Gasteiger partial charge in [-0.25, -0.2) is 9.18 Å². The quantitative estimate of drug-likeness (QED) is 0.799. The van der Waals surface area contributed by atoms with E-state index >= 15 is 0 Å². The number of ether oxygens (including phenoxy) is 2. The smallest absolute Gasteiger partial charge is 0.342 e. The third-order valence-corrected chi connectivity index (χ3v) is 2.50. The molecule has 0 N–H and O–H groups in total. The molecule has 0 aliphatic heterocycles. The number of carbonyl (C=O) groups excluding carboxylic acids is 1. The van der Waals surface area contributed by atoms with Crippen molar-refractivity contribution in [1.82, 2.24) is 0 Å². The molecule has 0 aromatic heterocycles. The molecule has 0 bridgehead atoms. The minimum absolute atomic E-state index is 0.0498. The van der Waals surface area contributed by atoms with Crippen LogP contribution >= 0.6 is 15.9 Å². The van der Waals surface area contributed by atoms with Gasteiger partial charge in [0.05, 0.1) is 13.2 Å².